The first-order valence-electron chi connectivity index (χ1n) is 5.82. The van der Waals surface area contributed by atoms with E-state index in [1.54, 1.807) is 0 Å². The number of hydrogen-bond donors (Lipinski definition) is 2. The molecule has 0 aliphatic heterocycles. The molecule has 1 atom stereocenters. The quantitative estimate of drug-likeness (QED) is 0.612. The van der Waals surface area contributed by atoms with E-state index >= 15 is 0 Å². The maximum absolute atomic E-state index is 10.7. The van der Waals surface area contributed by atoms with Crippen LogP contribution < -0.4 is 11.1 Å². The van der Waals surface area contributed by atoms with E-state index in [2.05, 4.69) is 5.32 Å². The van der Waals surface area contributed by atoms with Gasteiger partial charge in [0.15, 0.2) is 0 Å². The van der Waals surface area contributed by atoms with Gasteiger partial charge in [0.05, 0.1) is 12.7 Å². The number of rotatable bonds is 7. The predicted octanol–water partition coefficient (Wildman–Crippen LogP) is 0.657. The van der Waals surface area contributed by atoms with Gasteiger partial charge in [0.2, 0.25) is 5.91 Å². The largest absolute Gasteiger partial charge is 0.377 e. The lowest BCUT2D eigenvalue weighted by Gasteiger charge is -2.12. The van der Waals surface area contributed by atoms with Gasteiger partial charge < -0.3 is 15.8 Å². The Balaban J connectivity index is 1.90. The molecule has 1 aliphatic carbocycles. The second-order valence-electron chi connectivity index (χ2n) is 4.28. The van der Waals surface area contributed by atoms with Crippen molar-refractivity contribution in [3.05, 3.63) is 0 Å². The zero-order chi connectivity index (χ0) is 11.1. The fourth-order valence-electron chi connectivity index (χ4n) is 1.77. The molecule has 3 N–H and O–H groups in total. The molecule has 1 amide bonds. The number of ether oxygens (including phenoxy) is 1. The SMILES string of the molecule is CC(CNCCOC1CCCC1)C(N)=O. The van der Waals surface area contributed by atoms with E-state index in [0.717, 1.165) is 13.2 Å². The van der Waals surface area contributed by atoms with Crippen LogP contribution in [0, 0.1) is 5.92 Å². The Morgan fingerprint density at radius 2 is 2.20 bits per heavy atom. The Bertz CT molecular complexity index is 191. The molecule has 0 radical (unpaired) electrons. The maximum atomic E-state index is 10.7. The lowest BCUT2D eigenvalue weighted by molar-refractivity contribution is -0.121. The van der Waals surface area contributed by atoms with Gasteiger partial charge in [-0.15, -0.1) is 0 Å². The zero-order valence-corrected chi connectivity index (χ0v) is 9.50. The number of carbonyl (C=O) groups excluding carboxylic acids is 1. The van der Waals surface area contributed by atoms with Crippen LogP contribution in [0.3, 0.4) is 0 Å². The number of nitrogens with one attached hydrogen (secondary N) is 1. The molecule has 0 bridgehead atoms. The van der Waals surface area contributed by atoms with E-state index in [1.165, 1.54) is 25.7 Å². The summed E-state index contributed by atoms with van der Waals surface area (Å²) in [4.78, 5) is 10.7. The van der Waals surface area contributed by atoms with Crippen molar-refractivity contribution in [1.82, 2.24) is 5.32 Å². The Hall–Kier alpha value is -0.610. The fourth-order valence-corrected chi connectivity index (χ4v) is 1.77. The molecule has 0 aromatic carbocycles. The third-order valence-corrected chi connectivity index (χ3v) is 2.87. The van der Waals surface area contributed by atoms with Crippen molar-refractivity contribution < 1.29 is 9.53 Å². The van der Waals surface area contributed by atoms with Crippen molar-refractivity contribution in [1.29, 1.82) is 0 Å². The third-order valence-electron chi connectivity index (χ3n) is 2.87. The highest BCUT2D eigenvalue weighted by molar-refractivity contribution is 5.76. The summed E-state index contributed by atoms with van der Waals surface area (Å²) in [7, 11) is 0. The summed E-state index contributed by atoms with van der Waals surface area (Å²) in [5.41, 5.74) is 5.14. The topological polar surface area (TPSA) is 64.3 Å². The number of hydrogen-bond acceptors (Lipinski definition) is 3. The van der Waals surface area contributed by atoms with Crippen molar-refractivity contribution in [2.75, 3.05) is 19.7 Å². The molecule has 15 heavy (non-hydrogen) atoms. The van der Waals surface area contributed by atoms with Gasteiger partial charge in [0.25, 0.3) is 0 Å². The highest BCUT2D eigenvalue weighted by atomic mass is 16.5. The van der Waals surface area contributed by atoms with Crippen molar-refractivity contribution >= 4 is 5.91 Å². The minimum absolute atomic E-state index is 0.100. The van der Waals surface area contributed by atoms with Gasteiger partial charge in [-0.3, -0.25) is 4.79 Å². The van der Waals surface area contributed by atoms with E-state index in [1.807, 2.05) is 6.92 Å². The van der Waals surface area contributed by atoms with Crippen molar-refractivity contribution in [2.45, 2.75) is 38.7 Å². The number of amides is 1. The number of carbonyl (C=O) groups is 1. The van der Waals surface area contributed by atoms with Crippen LogP contribution in [0.15, 0.2) is 0 Å². The second-order valence-corrected chi connectivity index (χ2v) is 4.28. The van der Waals surface area contributed by atoms with E-state index in [0.29, 0.717) is 12.6 Å². The Morgan fingerprint density at radius 1 is 1.53 bits per heavy atom. The summed E-state index contributed by atoms with van der Waals surface area (Å²) >= 11 is 0. The summed E-state index contributed by atoms with van der Waals surface area (Å²) < 4.78 is 5.67. The highest BCUT2D eigenvalue weighted by Crippen LogP contribution is 2.20. The van der Waals surface area contributed by atoms with Crippen LogP contribution in [0.4, 0.5) is 0 Å². The lowest BCUT2D eigenvalue weighted by atomic mass is 10.2. The van der Waals surface area contributed by atoms with E-state index in [4.69, 9.17) is 10.5 Å². The summed E-state index contributed by atoms with van der Waals surface area (Å²) in [5, 5.41) is 3.16. The summed E-state index contributed by atoms with van der Waals surface area (Å²) in [6.07, 6.45) is 5.49. The van der Waals surface area contributed by atoms with Crippen LogP contribution in [0.5, 0.6) is 0 Å². The van der Waals surface area contributed by atoms with Gasteiger partial charge in [0, 0.05) is 19.0 Å². The average Bonchev–Trinajstić information content (AvgIpc) is 2.69. The monoisotopic (exact) mass is 214 g/mol. The first kappa shape index (κ1) is 12.5. The first-order valence-corrected chi connectivity index (χ1v) is 5.82. The highest BCUT2D eigenvalue weighted by Gasteiger charge is 2.14. The molecule has 4 heteroatoms. The number of primary amides is 1. The van der Waals surface area contributed by atoms with E-state index in [9.17, 15) is 4.79 Å². The minimum atomic E-state index is -0.251. The van der Waals surface area contributed by atoms with Gasteiger partial charge in [-0.05, 0) is 12.8 Å². The molecule has 0 heterocycles. The molecule has 1 rings (SSSR count). The molecule has 1 unspecified atom stereocenters. The van der Waals surface area contributed by atoms with Crippen molar-refractivity contribution in [3.63, 3.8) is 0 Å². The molecule has 1 aliphatic rings. The summed E-state index contributed by atoms with van der Waals surface area (Å²) in [6.45, 7) is 4.00. The molecule has 1 saturated carbocycles. The summed E-state index contributed by atoms with van der Waals surface area (Å²) in [5.74, 6) is -0.351. The van der Waals surface area contributed by atoms with Crippen LogP contribution in [-0.2, 0) is 9.53 Å². The van der Waals surface area contributed by atoms with Gasteiger partial charge >= 0.3 is 0 Å². The van der Waals surface area contributed by atoms with E-state index in [-0.39, 0.29) is 11.8 Å². The molecule has 88 valence electrons. The average molecular weight is 214 g/mol. The molecule has 0 aromatic rings. The first-order chi connectivity index (χ1) is 7.20. The van der Waals surface area contributed by atoms with Gasteiger partial charge in [-0.2, -0.15) is 0 Å². The Morgan fingerprint density at radius 3 is 2.80 bits per heavy atom. The standard InChI is InChI=1S/C11H22N2O2/c1-9(11(12)14)8-13-6-7-15-10-4-2-3-5-10/h9-10,13H,2-8H2,1H3,(H2,12,14). The van der Waals surface area contributed by atoms with Gasteiger partial charge in [-0.25, -0.2) is 0 Å². The van der Waals surface area contributed by atoms with Gasteiger partial charge in [-0.1, -0.05) is 19.8 Å². The predicted molar refractivity (Wildman–Crippen MR) is 59.4 cm³/mol. The molecule has 4 nitrogen and oxygen atoms in total. The molecule has 1 fully saturated rings. The fraction of sp³-hybridized carbons (Fsp3) is 0.909. The van der Waals surface area contributed by atoms with Crippen LogP contribution in [-0.4, -0.2) is 31.7 Å². The second kappa shape index (κ2) is 6.80. The van der Waals surface area contributed by atoms with Crippen molar-refractivity contribution in [3.8, 4) is 0 Å². The van der Waals surface area contributed by atoms with Crippen LogP contribution in [0.25, 0.3) is 0 Å². The Kier molecular flexibility index (Phi) is 5.65. The number of nitrogens with two attached hydrogens (primary N) is 1. The molecular formula is C11H22N2O2. The molecule has 0 saturated heterocycles. The van der Waals surface area contributed by atoms with Crippen molar-refractivity contribution in [2.24, 2.45) is 11.7 Å². The Labute approximate surface area is 91.5 Å². The van der Waals surface area contributed by atoms with Crippen LogP contribution in [0.2, 0.25) is 0 Å². The third kappa shape index (κ3) is 5.14. The zero-order valence-electron chi connectivity index (χ0n) is 9.50. The van der Waals surface area contributed by atoms with Gasteiger partial charge in [0.1, 0.15) is 0 Å². The van der Waals surface area contributed by atoms with Crippen LogP contribution in [0.1, 0.15) is 32.6 Å². The normalized spacial score (nSPS) is 19.3. The molecule has 0 aromatic heterocycles. The molecule has 0 spiro atoms. The summed E-state index contributed by atoms with van der Waals surface area (Å²) in [6, 6.07) is 0. The molecular weight excluding hydrogens is 192 g/mol. The smallest absolute Gasteiger partial charge is 0.221 e. The van der Waals surface area contributed by atoms with Crippen LogP contribution >= 0.6 is 0 Å². The minimum Gasteiger partial charge on any atom is -0.377 e. The lowest BCUT2D eigenvalue weighted by Crippen LogP contribution is -2.33. The maximum Gasteiger partial charge on any atom is 0.221 e. The van der Waals surface area contributed by atoms with E-state index < -0.39 is 0 Å².